The average Bonchev–Trinajstić information content (AvgIpc) is 2.47. The van der Waals surface area contributed by atoms with Gasteiger partial charge in [-0.25, -0.2) is 0 Å². The summed E-state index contributed by atoms with van der Waals surface area (Å²) < 4.78 is 4.87. The molecule has 0 aromatic heterocycles. The maximum Gasteiger partial charge on any atom is 0.286 e. The van der Waals surface area contributed by atoms with E-state index in [0.29, 0.717) is 4.91 Å². The number of aliphatic hydroxyl groups is 1. The third-order valence-electron chi connectivity index (χ3n) is 1.54. The van der Waals surface area contributed by atoms with Crippen molar-refractivity contribution in [1.82, 2.24) is 0 Å². The van der Waals surface area contributed by atoms with E-state index in [1.807, 2.05) is 0 Å². The summed E-state index contributed by atoms with van der Waals surface area (Å²) in [5, 5.41) is 19.6. The Morgan fingerprint density at radius 1 is 1.85 bits per heavy atom. The first-order valence-electron chi connectivity index (χ1n) is 3.51. The first-order valence-corrected chi connectivity index (χ1v) is 4.39. The van der Waals surface area contributed by atoms with E-state index in [0.717, 1.165) is 11.8 Å². The molecule has 0 fully saturated rings. The zero-order valence-corrected chi connectivity index (χ0v) is 8.00. The van der Waals surface area contributed by atoms with Gasteiger partial charge in [0.25, 0.3) is 5.70 Å². The van der Waals surface area contributed by atoms with Crippen molar-refractivity contribution in [3.05, 3.63) is 32.6 Å². The van der Waals surface area contributed by atoms with Crippen LogP contribution in [0.3, 0.4) is 0 Å². The van der Waals surface area contributed by atoms with E-state index in [2.05, 4.69) is 0 Å². The van der Waals surface area contributed by atoms with Crippen LogP contribution in [0.25, 0.3) is 0 Å². The molecule has 0 unspecified atom stereocenters. The summed E-state index contributed by atoms with van der Waals surface area (Å²) in [7, 11) is 1.39. The van der Waals surface area contributed by atoms with E-state index >= 15 is 0 Å². The molecule has 0 radical (unpaired) electrons. The number of hydrogen-bond donors (Lipinski definition) is 1. The highest BCUT2D eigenvalue weighted by molar-refractivity contribution is 8.04. The van der Waals surface area contributed by atoms with Crippen LogP contribution < -0.4 is 0 Å². The van der Waals surface area contributed by atoms with Crippen LogP contribution in [0, 0.1) is 10.1 Å². The summed E-state index contributed by atoms with van der Waals surface area (Å²) in [6, 6.07) is 0. The van der Waals surface area contributed by atoms with Gasteiger partial charge in [-0.05, 0) is 6.92 Å². The number of hydrogen-bond acceptors (Lipinski definition) is 5. The second-order valence-electron chi connectivity index (χ2n) is 2.46. The Labute approximate surface area is 79.2 Å². The summed E-state index contributed by atoms with van der Waals surface area (Å²) in [4.78, 5) is 10.5. The fourth-order valence-electron chi connectivity index (χ4n) is 0.909. The van der Waals surface area contributed by atoms with Crippen LogP contribution in [-0.2, 0) is 4.74 Å². The molecule has 0 bridgehead atoms. The van der Waals surface area contributed by atoms with Crippen molar-refractivity contribution < 1.29 is 14.8 Å². The van der Waals surface area contributed by atoms with Gasteiger partial charge in [-0.1, -0.05) is 11.8 Å². The van der Waals surface area contributed by atoms with Crippen LogP contribution in [0.5, 0.6) is 0 Å². The number of ether oxygens (including phenoxy) is 1. The Balaban J connectivity index is 2.97. The third-order valence-corrected chi connectivity index (χ3v) is 2.85. The summed E-state index contributed by atoms with van der Waals surface area (Å²) in [5.74, 6) is 0.0731. The quantitative estimate of drug-likeness (QED) is 0.419. The van der Waals surface area contributed by atoms with Gasteiger partial charge in [-0.2, -0.15) is 0 Å². The summed E-state index contributed by atoms with van der Waals surface area (Å²) >= 11 is 1.13. The van der Waals surface area contributed by atoms with Crippen molar-refractivity contribution in [2.24, 2.45) is 0 Å². The fraction of sp³-hybridized carbons (Fsp3) is 0.429. The highest BCUT2D eigenvalue weighted by atomic mass is 32.2. The van der Waals surface area contributed by atoms with Crippen LogP contribution in [0.1, 0.15) is 6.92 Å². The van der Waals surface area contributed by atoms with Crippen LogP contribution in [0.4, 0.5) is 0 Å². The molecule has 1 rings (SSSR count). The number of aliphatic hydroxyl groups excluding tert-OH is 1. The van der Waals surface area contributed by atoms with E-state index in [1.54, 1.807) is 0 Å². The molecule has 0 saturated carbocycles. The Morgan fingerprint density at radius 2 is 2.46 bits per heavy atom. The average molecular weight is 203 g/mol. The number of methoxy groups -OCH3 is 1. The highest BCUT2D eigenvalue weighted by Crippen LogP contribution is 2.37. The van der Waals surface area contributed by atoms with Gasteiger partial charge in [-0.15, -0.1) is 0 Å². The summed E-state index contributed by atoms with van der Waals surface area (Å²) in [5.41, 5.74) is -0.650. The second-order valence-corrected chi connectivity index (χ2v) is 3.57. The zero-order valence-electron chi connectivity index (χ0n) is 7.18. The Hall–Kier alpha value is -1.01. The molecule has 1 atom stereocenters. The number of nitro groups is 1. The molecule has 1 aliphatic rings. The lowest BCUT2D eigenvalue weighted by Gasteiger charge is -2.04. The number of nitrogens with zero attached hydrogens (tertiary/aromatic N) is 1. The minimum Gasteiger partial charge on any atom is -0.511 e. The number of thioether (sulfide) groups is 1. The van der Waals surface area contributed by atoms with Crippen molar-refractivity contribution in [3.63, 3.8) is 0 Å². The number of rotatable bonds is 2. The normalized spacial score (nSPS) is 25.7. The van der Waals surface area contributed by atoms with Gasteiger partial charge in [-0.3, -0.25) is 10.1 Å². The Bertz CT molecular complexity index is 293. The van der Waals surface area contributed by atoms with Gasteiger partial charge in [0, 0.05) is 13.2 Å². The predicted octanol–water partition coefficient (Wildman–Crippen LogP) is 1.66. The van der Waals surface area contributed by atoms with Crippen molar-refractivity contribution in [2.45, 2.75) is 12.4 Å². The standard InChI is InChI=1S/C7H9NO4S/c1-4(9)6-3-5(8(10)11)7(12-2)13-6/h3,7,9H,1-2H3/b6-4+/t7-/m1/s1. The lowest BCUT2D eigenvalue weighted by Crippen LogP contribution is -2.12. The van der Waals surface area contributed by atoms with Crippen LogP contribution in [-0.4, -0.2) is 22.6 Å². The van der Waals surface area contributed by atoms with Crippen LogP contribution >= 0.6 is 11.8 Å². The first kappa shape index (κ1) is 10.1. The van der Waals surface area contributed by atoms with E-state index in [9.17, 15) is 10.1 Å². The molecule has 72 valence electrons. The Morgan fingerprint density at radius 3 is 2.77 bits per heavy atom. The van der Waals surface area contributed by atoms with Crippen LogP contribution in [0.2, 0.25) is 0 Å². The molecular formula is C7H9NO4S. The molecule has 0 amide bonds. The van der Waals surface area contributed by atoms with Gasteiger partial charge in [0.15, 0.2) is 5.44 Å². The largest absolute Gasteiger partial charge is 0.511 e. The Kier molecular flexibility index (Phi) is 2.94. The molecule has 13 heavy (non-hydrogen) atoms. The van der Waals surface area contributed by atoms with Gasteiger partial charge in [0.2, 0.25) is 0 Å². The minimum atomic E-state index is -0.618. The molecule has 1 aliphatic heterocycles. The van der Waals surface area contributed by atoms with Crippen molar-refractivity contribution in [2.75, 3.05) is 7.11 Å². The maximum absolute atomic E-state index is 10.5. The van der Waals surface area contributed by atoms with E-state index in [4.69, 9.17) is 9.84 Å². The molecule has 0 aromatic carbocycles. The summed E-state index contributed by atoms with van der Waals surface area (Å²) in [6.45, 7) is 1.48. The smallest absolute Gasteiger partial charge is 0.286 e. The molecule has 0 aliphatic carbocycles. The molecule has 0 aromatic rings. The topological polar surface area (TPSA) is 72.6 Å². The SMILES string of the molecule is CO[C@@H]1S/C(=C(\C)O)C=C1[N+](=O)[O-]. The monoisotopic (exact) mass is 203 g/mol. The van der Waals surface area contributed by atoms with Crippen molar-refractivity contribution >= 4 is 11.8 Å². The highest BCUT2D eigenvalue weighted by Gasteiger charge is 2.33. The van der Waals surface area contributed by atoms with E-state index in [-0.39, 0.29) is 11.5 Å². The molecule has 0 spiro atoms. The molecule has 0 saturated heterocycles. The molecule has 1 heterocycles. The minimum absolute atomic E-state index is 0.0316. The lowest BCUT2D eigenvalue weighted by atomic mass is 10.4. The molecule has 1 N–H and O–H groups in total. The summed E-state index contributed by atoms with van der Waals surface area (Å²) in [6.07, 6.45) is 1.33. The molecule has 5 nitrogen and oxygen atoms in total. The van der Waals surface area contributed by atoms with Gasteiger partial charge >= 0.3 is 0 Å². The van der Waals surface area contributed by atoms with Crippen LogP contribution in [0.15, 0.2) is 22.4 Å². The fourth-order valence-corrected chi connectivity index (χ4v) is 1.87. The molecule has 6 heteroatoms. The predicted molar refractivity (Wildman–Crippen MR) is 48.8 cm³/mol. The number of allylic oxidation sites excluding steroid dienone is 2. The van der Waals surface area contributed by atoms with E-state index in [1.165, 1.54) is 20.1 Å². The van der Waals surface area contributed by atoms with Gasteiger partial charge < -0.3 is 9.84 Å². The zero-order chi connectivity index (χ0) is 10.0. The third kappa shape index (κ3) is 2.02. The van der Waals surface area contributed by atoms with Crippen molar-refractivity contribution in [3.8, 4) is 0 Å². The lowest BCUT2D eigenvalue weighted by molar-refractivity contribution is -0.432. The first-order chi connectivity index (χ1) is 6.06. The van der Waals surface area contributed by atoms with Gasteiger partial charge in [0.05, 0.1) is 9.83 Å². The van der Waals surface area contributed by atoms with Crippen molar-refractivity contribution in [1.29, 1.82) is 0 Å². The van der Waals surface area contributed by atoms with Gasteiger partial charge in [0.1, 0.15) is 5.76 Å². The molecular weight excluding hydrogens is 194 g/mol. The second kappa shape index (κ2) is 3.80. The van der Waals surface area contributed by atoms with E-state index < -0.39 is 10.4 Å². The maximum atomic E-state index is 10.5.